The first kappa shape index (κ1) is 16.8. The van der Waals surface area contributed by atoms with E-state index in [4.69, 9.17) is 9.47 Å². The van der Waals surface area contributed by atoms with Gasteiger partial charge in [0.1, 0.15) is 11.5 Å². The molecule has 118 valence electrons. The van der Waals surface area contributed by atoms with Gasteiger partial charge in [-0.1, -0.05) is 12.1 Å². The molecule has 1 N–H and O–H groups in total. The molecule has 22 heavy (non-hydrogen) atoms. The number of rotatable bonds is 6. The number of methoxy groups -OCH3 is 2. The summed E-state index contributed by atoms with van der Waals surface area (Å²) in [6.07, 6.45) is 1.41. The molecule has 8 heteroatoms. The van der Waals surface area contributed by atoms with Crippen LogP contribution >= 0.6 is 22.6 Å². The Labute approximate surface area is 142 Å². The fourth-order valence-corrected chi connectivity index (χ4v) is 4.72. The summed E-state index contributed by atoms with van der Waals surface area (Å²) in [7, 11) is -0.407. The molecule has 0 amide bonds. The highest BCUT2D eigenvalue weighted by molar-refractivity contribution is 14.1. The monoisotopic (exact) mass is 434 g/mol. The third-order valence-electron chi connectivity index (χ3n) is 2.91. The van der Waals surface area contributed by atoms with Gasteiger partial charge in [-0.25, -0.2) is 8.42 Å². The summed E-state index contributed by atoms with van der Waals surface area (Å²) in [6.45, 7) is 0. The number of benzene rings is 1. The van der Waals surface area contributed by atoms with E-state index in [1.54, 1.807) is 13.2 Å². The third kappa shape index (κ3) is 3.80. The first-order valence-corrected chi connectivity index (χ1v) is 9.00. The van der Waals surface area contributed by atoms with Crippen LogP contribution in [0, 0.1) is 0 Å². The van der Waals surface area contributed by atoms with Gasteiger partial charge < -0.3 is 9.47 Å². The van der Waals surface area contributed by atoms with Crippen molar-refractivity contribution in [1.29, 1.82) is 0 Å². The second-order valence-electron chi connectivity index (χ2n) is 4.35. The van der Waals surface area contributed by atoms with E-state index in [9.17, 15) is 8.42 Å². The normalized spacial score (nSPS) is 12.7. The highest BCUT2D eigenvalue weighted by Crippen LogP contribution is 2.28. The van der Waals surface area contributed by atoms with Crippen molar-refractivity contribution in [3.8, 4) is 5.75 Å². The number of aromatic amines is 1. The maximum Gasteiger partial charge on any atom is 0.199 e. The van der Waals surface area contributed by atoms with Gasteiger partial charge in [0.15, 0.2) is 14.9 Å². The first-order chi connectivity index (χ1) is 10.5. The highest BCUT2D eigenvalue weighted by Gasteiger charge is 2.20. The molecule has 0 bridgehead atoms. The van der Waals surface area contributed by atoms with E-state index < -0.39 is 9.84 Å². The van der Waals surface area contributed by atoms with Crippen LogP contribution in [0.2, 0.25) is 0 Å². The van der Waals surface area contributed by atoms with Gasteiger partial charge in [-0.15, -0.1) is 0 Å². The first-order valence-electron chi connectivity index (χ1n) is 6.27. The number of aromatic nitrogens is 2. The predicted octanol–water partition coefficient (Wildman–Crippen LogP) is 2.64. The fraction of sp³-hybridized carbons (Fsp3) is 0.214. The average Bonchev–Trinajstić information content (AvgIpc) is 3.03. The van der Waals surface area contributed by atoms with E-state index >= 15 is 0 Å². The number of sulfone groups is 1. The standard InChI is InChI=1S/C14H15IN2O4S/c1-20-11-5-3-4-10(8-11)14(21-2)12(15)9-22(18,19)13-6-7-16-17-13/h3-8H,9H2,1-2H3,(H,16,17). The number of nitrogens with zero attached hydrogens (tertiary/aromatic N) is 1. The van der Waals surface area contributed by atoms with Gasteiger partial charge in [0, 0.05) is 9.14 Å². The van der Waals surface area contributed by atoms with E-state index in [0.29, 0.717) is 15.1 Å². The minimum Gasteiger partial charge on any atom is -0.497 e. The van der Waals surface area contributed by atoms with Gasteiger partial charge in [0.2, 0.25) is 0 Å². The Bertz CT molecular complexity index is 770. The number of hydrogen-bond donors (Lipinski definition) is 1. The fourth-order valence-electron chi connectivity index (χ4n) is 1.88. The Balaban J connectivity index is 2.37. The molecule has 6 nitrogen and oxygen atoms in total. The molecule has 1 heterocycles. The largest absolute Gasteiger partial charge is 0.497 e. The van der Waals surface area contributed by atoms with Crippen LogP contribution in [0.15, 0.2) is 45.1 Å². The van der Waals surface area contributed by atoms with Gasteiger partial charge in [0.25, 0.3) is 0 Å². The van der Waals surface area contributed by atoms with Crippen LogP contribution in [0.1, 0.15) is 5.56 Å². The summed E-state index contributed by atoms with van der Waals surface area (Å²) in [5.41, 5.74) is 0.756. The lowest BCUT2D eigenvalue weighted by molar-refractivity contribution is 0.368. The van der Waals surface area contributed by atoms with Crippen molar-refractivity contribution in [1.82, 2.24) is 10.2 Å². The van der Waals surface area contributed by atoms with E-state index in [-0.39, 0.29) is 10.8 Å². The third-order valence-corrected chi connectivity index (χ3v) is 5.86. The molecular weight excluding hydrogens is 419 g/mol. The zero-order valence-corrected chi connectivity index (χ0v) is 15.0. The topological polar surface area (TPSA) is 81.3 Å². The molecule has 0 saturated heterocycles. The van der Waals surface area contributed by atoms with Gasteiger partial charge in [-0.05, 0) is 40.8 Å². The second-order valence-corrected chi connectivity index (χ2v) is 7.61. The van der Waals surface area contributed by atoms with Crippen LogP contribution in [0.25, 0.3) is 5.76 Å². The van der Waals surface area contributed by atoms with Crippen LogP contribution in [-0.2, 0) is 14.6 Å². The minimum absolute atomic E-state index is 0.0859. The quantitative estimate of drug-likeness (QED) is 0.559. The van der Waals surface area contributed by atoms with Crippen molar-refractivity contribution in [3.05, 3.63) is 45.7 Å². The lowest BCUT2D eigenvalue weighted by atomic mass is 10.1. The smallest absolute Gasteiger partial charge is 0.199 e. The van der Waals surface area contributed by atoms with Crippen LogP contribution in [0.4, 0.5) is 0 Å². The molecule has 0 atom stereocenters. The van der Waals surface area contributed by atoms with Gasteiger partial charge in [0.05, 0.1) is 26.2 Å². The zero-order chi connectivity index (χ0) is 16.2. The van der Waals surface area contributed by atoms with Crippen LogP contribution in [0.3, 0.4) is 0 Å². The molecule has 1 aromatic carbocycles. The lowest BCUT2D eigenvalue weighted by Crippen LogP contribution is -2.09. The second kappa shape index (κ2) is 7.14. The van der Waals surface area contributed by atoms with E-state index in [0.717, 1.165) is 5.56 Å². The maximum atomic E-state index is 12.3. The number of halogens is 1. The summed E-state index contributed by atoms with van der Waals surface area (Å²) in [5.74, 6) is 1.01. The molecule has 0 fully saturated rings. The minimum atomic E-state index is -3.49. The lowest BCUT2D eigenvalue weighted by Gasteiger charge is -2.11. The van der Waals surface area contributed by atoms with E-state index in [2.05, 4.69) is 10.2 Å². The van der Waals surface area contributed by atoms with E-state index in [1.165, 1.54) is 19.4 Å². The Morgan fingerprint density at radius 3 is 2.68 bits per heavy atom. The summed E-state index contributed by atoms with van der Waals surface area (Å²) in [5, 5.41) is 6.23. The molecule has 0 radical (unpaired) electrons. The molecule has 0 saturated carbocycles. The van der Waals surface area contributed by atoms with Crippen molar-refractivity contribution < 1.29 is 17.9 Å². The van der Waals surface area contributed by atoms with Crippen molar-refractivity contribution in [2.75, 3.05) is 20.0 Å². The van der Waals surface area contributed by atoms with E-state index in [1.807, 2.05) is 40.8 Å². The number of ether oxygens (including phenoxy) is 2. The number of nitrogens with one attached hydrogen (secondary N) is 1. The maximum absolute atomic E-state index is 12.3. The van der Waals surface area contributed by atoms with Gasteiger partial charge >= 0.3 is 0 Å². The molecule has 2 rings (SSSR count). The molecule has 0 aliphatic heterocycles. The average molecular weight is 434 g/mol. The molecule has 0 aliphatic carbocycles. The van der Waals surface area contributed by atoms with Crippen molar-refractivity contribution in [2.24, 2.45) is 0 Å². The van der Waals surface area contributed by atoms with Crippen LogP contribution in [-0.4, -0.2) is 38.6 Å². The summed E-state index contributed by atoms with van der Waals surface area (Å²) < 4.78 is 35.7. The molecule has 0 unspecified atom stereocenters. The molecular formula is C14H15IN2O4S. The van der Waals surface area contributed by atoms with Crippen LogP contribution < -0.4 is 4.74 Å². The number of H-pyrrole nitrogens is 1. The summed E-state index contributed by atoms with van der Waals surface area (Å²) in [4.78, 5) is 0. The number of hydrogen-bond acceptors (Lipinski definition) is 5. The summed E-state index contributed by atoms with van der Waals surface area (Å²) in [6, 6.07) is 8.69. The van der Waals surface area contributed by atoms with Crippen molar-refractivity contribution in [3.63, 3.8) is 0 Å². The Hall–Kier alpha value is -1.55. The van der Waals surface area contributed by atoms with Crippen molar-refractivity contribution >= 4 is 38.2 Å². The highest BCUT2D eigenvalue weighted by atomic mass is 127. The SMILES string of the molecule is COC(=C(I)CS(=O)(=O)c1ccn[nH]1)c1cccc(OC)c1. The molecule has 2 aromatic rings. The Morgan fingerprint density at radius 1 is 1.32 bits per heavy atom. The zero-order valence-electron chi connectivity index (χ0n) is 12.0. The van der Waals surface area contributed by atoms with Gasteiger partial charge in [-0.2, -0.15) is 5.10 Å². The van der Waals surface area contributed by atoms with Gasteiger partial charge in [-0.3, -0.25) is 5.10 Å². The Kier molecular flexibility index (Phi) is 5.46. The molecule has 0 spiro atoms. The predicted molar refractivity (Wildman–Crippen MR) is 91.6 cm³/mol. The molecule has 0 aliphatic rings. The van der Waals surface area contributed by atoms with Crippen LogP contribution in [0.5, 0.6) is 5.75 Å². The Morgan fingerprint density at radius 2 is 2.09 bits per heavy atom. The van der Waals surface area contributed by atoms with Crippen molar-refractivity contribution in [2.45, 2.75) is 5.03 Å². The summed E-state index contributed by atoms with van der Waals surface area (Å²) >= 11 is 1.98. The molecule has 1 aromatic heterocycles.